The van der Waals surface area contributed by atoms with Crippen LogP contribution in [0.5, 0.6) is 6.01 Å². The van der Waals surface area contributed by atoms with Gasteiger partial charge in [0.25, 0.3) is 0 Å². The number of aryl methyl sites for hydroxylation is 1. The number of ether oxygens (including phenoxy) is 2. The number of nitrogens with zero attached hydrogens (tertiary/aromatic N) is 4. The molecule has 0 aliphatic heterocycles. The van der Waals surface area contributed by atoms with Crippen molar-refractivity contribution in [3.05, 3.63) is 6.33 Å². The van der Waals surface area contributed by atoms with Crippen molar-refractivity contribution in [1.29, 1.82) is 0 Å². The van der Waals surface area contributed by atoms with E-state index in [9.17, 15) is 5.11 Å². The summed E-state index contributed by atoms with van der Waals surface area (Å²) in [7, 11) is 1.60. The number of hydrogen-bond acceptors (Lipinski definition) is 7. The minimum atomic E-state index is -0.211. The second-order valence-electron chi connectivity index (χ2n) is 8.95. The molecule has 4 rings (SSSR count). The number of aromatic nitrogens is 4. The molecular formula is C22H35N5O3. The van der Waals surface area contributed by atoms with Gasteiger partial charge in [-0.3, -0.25) is 0 Å². The van der Waals surface area contributed by atoms with Crippen molar-refractivity contribution >= 4 is 17.0 Å². The molecule has 0 amide bonds. The number of nitrogens with two attached hydrogens (primary N) is 1. The monoisotopic (exact) mass is 417 g/mol. The average Bonchev–Trinajstić information content (AvgIpc) is 3.18. The first-order valence-corrected chi connectivity index (χ1v) is 11.4. The number of aliphatic hydroxyl groups is 1. The van der Waals surface area contributed by atoms with Gasteiger partial charge < -0.3 is 24.9 Å². The highest BCUT2D eigenvalue weighted by Crippen LogP contribution is 2.43. The third-order valence-corrected chi connectivity index (χ3v) is 7.10. The minimum Gasteiger partial charge on any atom is -0.463 e. The Hall–Kier alpha value is -1.93. The molecule has 8 nitrogen and oxygen atoms in total. The van der Waals surface area contributed by atoms with Crippen molar-refractivity contribution in [2.75, 3.05) is 26.1 Å². The molecule has 2 heterocycles. The number of imidazole rings is 1. The van der Waals surface area contributed by atoms with Gasteiger partial charge in [-0.25, -0.2) is 4.98 Å². The van der Waals surface area contributed by atoms with E-state index in [0.29, 0.717) is 42.6 Å². The third-order valence-electron chi connectivity index (χ3n) is 7.10. The van der Waals surface area contributed by atoms with Crippen LogP contribution in [-0.4, -0.2) is 51.1 Å². The number of methoxy groups -OCH3 is 1. The zero-order valence-corrected chi connectivity index (χ0v) is 18.0. The highest BCUT2D eigenvalue weighted by atomic mass is 16.5. The van der Waals surface area contributed by atoms with E-state index >= 15 is 0 Å². The first-order chi connectivity index (χ1) is 14.7. The average molecular weight is 418 g/mol. The second kappa shape index (κ2) is 9.92. The summed E-state index contributed by atoms with van der Waals surface area (Å²) in [5.74, 6) is 3.00. The van der Waals surface area contributed by atoms with E-state index in [4.69, 9.17) is 15.2 Å². The Kier molecular flexibility index (Phi) is 7.04. The molecule has 2 aliphatic carbocycles. The fourth-order valence-corrected chi connectivity index (χ4v) is 5.29. The fraction of sp³-hybridized carbons (Fsp3) is 0.773. The van der Waals surface area contributed by atoms with E-state index in [2.05, 4.69) is 15.0 Å². The molecule has 30 heavy (non-hydrogen) atoms. The first kappa shape index (κ1) is 21.3. The molecule has 2 aliphatic rings. The molecule has 0 spiro atoms. The van der Waals surface area contributed by atoms with E-state index in [1.165, 1.54) is 44.9 Å². The lowest BCUT2D eigenvalue weighted by atomic mass is 9.67. The van der Waals surface area contributed by atoms with Gasteiger partial charge >= 0.3 is 6.01 Å². The maximum Gasteiger partial charge on any atom is 0.320 e. The molecule has 3 N–H and O–H groups in total. The van der Waals surface area contributed by atoms with Crippen LogP contribution in [0.3, 0.4) is 0 Å². The molecular weight excluding hydrogens is 382 g/mol. The van der Waals surface area contributed by atoms with Crippen LogP contribution < -0.4 is 10.5 Å². The number of fused-ring (bicyclic) bond motifs is 2. The number of anilines is 1. The highest BCUT2D eigenvalue weighted by molar-refractivity contribution is 5.81. The summed E-state index contributed by atoms with van der Waals surface area (Å²) in [5, 5.41) is 9.31. The standard InChI is InChI=1S/C22H35N5O3/c1-29-18(13-28)8-10-27-14-24-19-20(23)25-22(26-21(19)27)30-11-9-15-6-7-16-4-2-3-5-17(16)12-15/h14-18,28H,2-13H2,1H3,(H2,23,25,26). The molecule has 166 valence electrons. The SMILES string of the molecule is COC(CO)CCn1cnc2c(N)nc(OCCC3CCC4CCCCC4C3)nc21. The maximum atomic E-state index is 9.31. The van der Waals surface area contributed by atoms with Crippen molar-refractivity contribution < 1.29 is 14.6 Å². The van der Waals surface area contributed by atoms with Crippen LogP contribution in [0.15, 0.2) is 6.33 Å². The first-order valence-electron chi connectivity index (χ1n) is 11.4. The predicted molar refractivity (Wildman–Crippen MR) is 115 cm³/mol. The van der Waals surface area contributed by atoms with Gasteiger partial charge in [-0.2, -0.15) is 9.97 Å². The summed E-state index contributed by atoms with van der Waals surface area (Å²) in [5.41, 5.74) is 7.33. The molecule has 4 unspecified atom stereocenters. The largest absolute Gasteiger partial charge is 0.463 e. The Morgan fingerprint density at radius 2 is 2.03 bits per heavy atom. The maximum absolute atomic E-state index is 9.31. The molecule has 2 fully saturated rings. The van der Waals surface area contributed by atoms with Crippen LogP contribution >= 0.6 is 0 Å². The number of rotatable bonds is 9. The third kappa shape index (κ3) is 4.86. The molecule has 2 aromatic rings. The Morgan fingerprint density at radius 1 is 1.20 bits per heavy atom. The highest BCUT2D eigenvalue weighted by Gasteiger charge is 2.31. The van der Waals surface area contributed by atoms with Crippen LogP contribution in [0, 0.1) is 17.8 Å². The number of hydrogen-bond donors (Lipinski definition) is 2. The van der Waals surface area contributed by atoms with Gasteiger partial charge in [0, 0.05) is 13.7 Å². The Morgan fingerprint density at radius 3 is 2.83 bits per heavy atom. The quantitative estimate of drug-likeness (QED) is 0.645. The van der Waals surface area contributed by atoms with E-state index in [1.807, 2.05) is 4.57 Å². The van der Waals surface area contributed by atoms with Crippen LogP contribution in [0.1, 0.15) is 57.8 Å². The van der Waals surface area contributed by atoms with Crippen LogP contribution in [0.25, 0.3) is 11.2 Å². The van der Waals surface area contributed by atoms with Crippen molar-refractivity contribution in [1.82, 2.24) is 19.5 Å². The molecule has 0 saturated heterocycles. The molecule has 8 heteroatoms. The van der Waals surface area contributed by atoms with Crippen molar-refractivity contribution in [2.45, 2.75) is 70.4 Å². The summed E-state index contributed by atoms with van der Waals surface area (Å²) >= 11 is 0. The topological polar surface area (TPSA) is 108 Å². The van der Waals surface area contributed by atoms with Gasteiger partial charge in [0.15, 0.2) is 17.0 Å². The van der Waals surface area contributed by atoms with Gasteiger partial charge in [0.2, 0.25) is 0 Å². The fourth-order valence-electron chi connectivity index (χ4n) is 5.29. The second-order valence-corrected chi connectivity index (χ2v) is 8.95. The molecule has 4 atom stereocenters. The van der Waals surface area contributed by atoms with Gasteiger partial charge in [-0.1, -0.05) is 32.1 Å². The summed E-state index contributed by atoms with van der Waals surface area (Å²) in [6, 6.07) is 0.318. The van der Waals surface area contributed by atoms with Crippen molar-refractivity contribution in [3.63, 3.8) is 0 Å². The number of nitrogen functional groups attached to an aromatic ring is 1. The molecule has 2 aromatic heterocycles. The lowest BCUT2D eigenvalue weighted by molar-refractivity contribution is 0.0405. The van der Waals surface area contributed by atoms with Gasteiger partial charge in [0.05, 0.1) is 25.6 Å². The normalized spacial score (nSPS) is 25.2. The lowest BCUT2D eigenvalue weighted by Gasteiger charge is -2.39. The zero-order valence-electron chi connectivity index (χ0n) is 18.0. The Balaban J connectivity index is 1.34. The summed E-state index contributed by atoms with van der Waals surface area (Å²) in [4.78, 5) is 13.2. The lowest BCUT2D eigenvalue weighted by Crippen LogP contribution is -2.28. The molecule has 0 radical (unpaired) electrons. The predicted octanol–water partition coefficient (Wildman–Crippen LogP) is 3.18. The molecule has 2 saturated carbocycles. The van der Waals surface area contributed by atoms with Crippen molar-refractivity contribution in [2.24, 2.45) is 17.8 Å². The van der Waals surface area contributed by atoms with E-state index in [-0.39, 0.29) is 12.7 Å². The van der Waals surface area contributed by atoms with Gasteiger partial charge in [-0.15, -0.1) is 0 Å². The summed E-state index contributed by atoms with van der Waals surface area (Å²) in [6.45, 7) is 1.23. The van der Waals surface area contributed by atoms with E-state index < -0.39 is 0 Å². The number of aliphatic hydroxyl groups excluding tert-OH is 1. The zero-order chi connectivity index (χ0) is 20.9. The minimum absolute atomic E-state index is 0.0165. The van der Waals surface area contributed by atoms with Crippen molar-refractivity contribution in [3.8, 4) is 6.01 Å². The van der Waals surface area contributed by atoms with Crippen LogP contribution in [0.2, 0.25) is 0 Å². The van der Waals surface area contributed by atoms with Gasteiger partial charge in [-0.05, 0) is 43.4 Å². The Labute approximate surface area is 178 Å². The van der Waals surface area contributed by atoms with Crippen LogP contribution in [-0.2, 0) is 11.3 Å². The van der Waals surface area contributed by atoms with E-state index in [1.54, 1.807) is 13.4 Å². The smallest absolute Gasteiger partial charge is 0.320 e. The summed E-state index contributed by atoms with van der Waals surface area (Å²) in [6.07, 6.45) is 13.0. The summed E-state index contributed by atoms with van der Waals surface area (Å²) < 4.78 is 13.1. The van der Waals surface area contributed by atoms with Crippen LogP contribution in [0.4, 0.5) is 5.82 Å². The molecule has 0 aromatic carbocycles. The van der Waals surface area contributed by atoms with E-state index in [0.717, 1.165) is 24.2 Å². The van der Waals surface area contributed by atoms with Gasteiger partial charge in [0.1, 0.15) is 0 Å². The Bertz CT molecular complexity index is 822. The molecule has 0 bridgehead atoms.